The Morgan fingerprint density at radius 2 is 2.11 bits per heavy atom. The largest absolute Gasteiger partial charge is 0.462 e. The lowest BCUT2D eigenvalue weighted by Gasteiger charge is -2.12. The number of nitrogens with two attached hydrogens (primary N) is 2. The van der Waals surface area contributed by atoms with E-state index in [2.05, 4.69) is 10.3 Å². The molecule has 0 spiro atoms. The van der Waals surface area contributed by atoms with Gasteiger partial charge in [-0.2, -0.15) is 0 Å². The number of nitrogens with zero attached hydrogens (tertiary/aromatic N) is 1. The molecule has 0 heterocycles. The molecule has 7 heteroatoms. The number of methoxy groups -OCH3 is 1. The van der Waals surface area contributed by atoms with Crippen molar-refractivity contribution in [2.45, 2.75) is 32.4 Å². The Bertz CT molecular complexity index is 269. The Labute approximate surface area is 108 Å². The second-order valence-electron chi connectivity index (χ2n) is 4.07. The number of rotatable bonds is 8. The van der Waals surface area contributed by atoms with Crippen molar-refractivity contribution >= 4 is 11.9 Å². The Morgan fingerprint density at radius 3 is 2.67 bits per heavy atom. The van der Waals surface area contributed by atoms with Gasteiger partial charge in [-0.25, -0.2) is 0 Å². The lowest BCUT2D eigenvalue weighted by molar-refractivity contribution is -0.149. The van der Waals surface area contributed by atoms with E-state index >= 15 is 0 Å². The maximum atomic E-state index is 11.4. The summed E-state index contributed by atoms with van der Waals surface area (Å²) in [4.78, 5) is 15.4. The zero-order valence-corrected chi connectivity index (χ0v) is 11.3. The van der Waals surface area contributed by atoms with Crippen LogP contribution in [0.5, 0.6) is 0 Å². The zero-order chi connectivity index (χ0) is 14.0. The molecule has 0 aliphatic rings. The fourth-order valence-corrected chi connectivity index (χ4v) is 1.10. The maximum absolute atomic E-state index is 11.4. The van der Waals surface area contributed by atoms with Gasteiger partial charge in [-0.05, 0) is 20.3 Å². The minimum absolute atomic E-state index is 0.159. The normalized spacial score (nSPS) is 13.5. The van der Waals surface area contributed by atoms with E-state index < -0.39 is 12.0 Å². The summed E-state index contributed by atoms with van der Waals surface area (Å²) in [7, 11) is 1.61. The third-order valence-electron chi connectivity index (χ3n) is 1.99. The lowest BCUT2D eigenvalue weighted by Crippen LogP contribution is -2.36. The van der Waals surface area contributed by atoms with E-state index in [9.17, 15) is 4.79 Å². The van der Waals surface area contributed by atoms with E-state index in [0.29, 0.717) is 32.1 Å². The highest BCUT2D eigenvalue weighted by molar-refractivity contribution is 5.78. The number of aliphatic imine (C=N–C) groups is 1. The van der Waals surface area contributed by atoms with Crippen LogP contribution in [0.3, 0.4) is 0 Å². The predicted octanol–water partition coefficient (Wildman–Crippen LogP) is -0.794. The van der Waals surface area contributed by atoms with Crippen LogP contribution in [0.2, 0.25) is 0 Å². The highest BCUT2D eigenvalue weighted by Crippen LogP contribution is 1.96. The van der Waals surface area contributed by atoms with E-state index in [1.165, 1.54) is 0 Å². The smallest absolute Gasteiger partial charge is 0.323 e. The van der Waals surface area contributed by atoms with Gasteiger partial charge in [0.15, 0.2) is 5.96 Å². The predicted molar refractivity (Wildman–Crippen MR) is 70.2 cm³/mol. The molecule has 0 aliphatic carbocycles. The molecule has 0 aromatic rings. The second kappa shape index (κ2) is 9.67. The van der Waals surface area contributed by atoms with Crippen molar-refractivity contribution in [3.05, 3.63) is 0 Å². The number of hydrogen-bond acceptors (Lipinski definition) is 5. The summed E-state index contributed by atoms with van der Waals surface area (Å²) >= 11 is 0. The minimum Gasteiger partial charge on any atom is -0.462 e. The first kappa shape index (κ1) is 16.7. The Kier molecular flexibility index (Phi) is 8.95. The standard InChI is InChI=1S/C11H24N4O3/c1-8(2)18-10(16)9(12)4-5-14-11(13)15-6-7-17-3/h8-9H,4-7,12H2,1-3H3,(H3,13,14,15). The Balaban J connectivity index is 3.80. The monoisotopic (exact) mass is 260 g/mol. The van der Waals surface area contributed by atoms with Crippen LogP contribution in [-0.4, -0.2) is 50.9 Å². The third kappa shape index (κ3) is 8.77. The third-order valence-corrected chi connectivity index (χ3v) is 1.99. The molecule has 0 aromatic heterocycles. The summed E-state index contributed by atoms with van der Waals surface area (Å²) in [5.74, 6) is -0.0948. The molecule has 0 fully saturated rings. The molecular weight excluding hydrogens is 236 g/mol. The number of esters is 1. The van der Waals surface area contributed by atoms with Crippen molar-refractivity contribution in [3.8, 4) is 0 Å². The first-order valence-electron chi connectivity index (χ1n) is 5.96. The van der Waals surface area contributed by atoms with Crippen LogP contribution >= 0.6 is 0 Å². The average molecular weight is 260 g/mol. The van der Waals surface area contributed by atoms with Crippen LogP contribution in [0.1, 0.15) is 20.3 Å². The topological polar surface area (TPSA) is 112 Å². The quantitative estimate of drug-likeness (QED) is 0.228. The molecule has 7 nitrogen and oxygen atoms in total. The van der Waals surface area contributed by atoms with Gasteiger partial charge in [0.2, 0.25) is 0 Å². The van der Waals surface area contributed by atoms with E-state index in [-0.39, 0.29) is 6.10 Å². The minimum atomic E-state index is -0.664. The summed E-state index contributed by atoms with van der Waals surface area (Å²) in [5, 5.41) is 2.86. The summed E-state index contributed by atoms with van der Waals surface area (Å²) in [6.07, 6.45) is 0.242. The van der Waals surface area contributed by atoms with Gasteiger partial charge in [0.05, 0.1) is 12.7 Å². The van der Waals surface area contributed by atoms with Crippen molar-refractivity contribution in [1.82, 2.24) is 5.32 Å². The van der Waals surface area contributed by atoms with Gasteiger partial charge in [-0.3, -0.25) is 9.79 Å². The first-order chi connectivity index (χ1) is 8.47. The van der Waals surface area contributed by atoms with Crippen LogP contribution in [0, 0.1) is 0 Å². The molecule has 1 atom stereocenters. The van der Waals surface area contributed by atoms with Crippen molar-refractivity contribution in [2.75, 3.05) is 26.8 Å². The van der Waals surface area contributed by atoms with E-state index in [1.54, 1.807) is 21.0 Å². The van der Waals surface area contributed by atoms with E-state index in [1.807, 2.05) is 0 Å². The van der Waals surface area contributed by atoms with Crippen molar-refractivity contribution < 1.29 is 14.3 Å². The van der Waals surface area contributed by atoms with Gasteiger partial charge in [0.1, 0.15) is 6.04 Å². The average Bonchev–Trinajstić information content (AvgIpc) is 2.28. The van der Waals surface area contributed by atoms with Crippen molar-refractivity contribution in [1.29, 1.82) is 0 Å². The molecule has 106 valence electrons. The molecule has 0 saturated heterocycles. The number of guanidine groups is 1. The molecule has 5 N–H and O–H groups in total. The molecule has 0 aliphatic heterocycles. The molecule has 0 saturated carbocycles. The van der Waals surface area contributed by atoms with Crippen LogP contribution < -0.4 is 16.8 Å². The molecule has 1 unspecified atom stereocenters. The Morgan fingerprint density at radius 1 is 1.44 bits per heavy atom. The van der Waals surface area contributed by atoms with Gasteiger partial charge in [0, 0.05) is 20.2 Å². The number of hydrogen-bond donors (Lipinski definition) is 3. The second-order valence-corrected chi connectivity index (χ2v) is 4.07. The first-order valence-corrected chi connectivity index (χ1v) is 5.96. The number of ether oxygens (including phenoxy) is 2. The van der Waals surface area contributed by atoms with Crippen LogP contribution in [0.4, 0.5) is 0 Å². The highest BCUT2D eigenvalue weighted by Gasteiger charge is 2.15. The van der Waals surface area contributed by atoms with E-state index in [0.717, 1.165) is 0 Å². The van der Waals surface area contributed by atoms with Gasteiger partial charge in [-0.15, -0.1) is 0 Å². The van der Waals surface area contributed by atoms with Gasteiger partial charge in [-0.1, -0.05) is 0 Å². The fourth-order valence-electron chi connectivity index (χ4n) is 1.10. The summed E-state index contributed by atoms with van der Waals surface area (Å²) in [6.45, 7) is 5.07. The van der Waals surface area contributed by atoms with Crippen LogP contribution in [-0.2, 0) is 14.3 Å². The Hall–Kier alpha value is -1.34. The summed E-state index contributed by atoms with van der Waals surface area (Å²) < 4.78 is 9.82. The molecule has 0 rings (SSSR count). The number of carbonyl (C=O) groups is 1. The van der Waals surface area contributed by atoms with Gasteiger partial charge >= 0.3 is 5.97 Å². The number of nitrogens with one attached hydrogen (secondary N) is 1. The fraction of sp³-hybridized carbons (Fsp3) is 0.818. The molecule has 0 amide bonds. The summed E-state index contributed by atoms with van der Waals surface area (Å²) in [6, 6.07) is -0.664. The maximum Gasteiger partial charge on any atom is 0.323 e. The summed E-state index contributed by atoms with van der Waals surface area (Å²) in [5.41, 5.74) is 11.2. The lowest BCUT2D eigenvalue weighted by atomic mass is 10.2. The van der Waals surface area contributed by atoms with E-state index in [4.69, 9.17) is 20.9 Å². The van der Waals surface area contributed by atoms with Gasteiger partial charge < -0.3 is 26.3 Å². The van der Waals surface area contributed by atoms with Crippen LogP contribution in [0.15, 0.2) is 4.99 Å². The molecule has 0 bridgehead atoms. The van der Waals surface area contributed by atoms with Crippen LogP contribution in [0.25, 0.3) is 0 Å². The molecule has 0 radical (unpaired) electrons. The van der Waals surface area contributed by atoms with Crippen molar-refractivity contribution in [3.63, 3.8) is 0 Å². The number of carbonyl (C=O) groups excluding carboxylic acids is 1. The van der Waals surface area contributed by atoms with Crippen molar-refractivity contribution in [2.24, 2.45) is 16.5 Å². The highest BCUT2D eigenvalue weighted by atomic mass is 16.5. The molecular formula is C11H24N4O3. The molecule has 18 heavy (non-hydrogen) atoms. The molecule has 0 aromatic carbocycles. The SMILES string of the molecule is COCCNC(N)=NCCC(N)C(=O)OC(C)C. The zero-order valence-electron chi connectivity index (χ0n) is 11.3. The van der Waals surface area contributed by atoms with Gasteiger partial charge in [0.25, 0.3) is 0 Å².